The normalized spacial score (nSPS) is 19.1. The number of likely N-dealkylation sites (tertiary alicyclic amines) is 1. The Balaban J connectivity index is 1.40. The van der Waals surface area contributed by atoms with Crippen LogP contribution in [-0.4, -0.2) is 78.9 Å². The number of hydrogen-bond acceptors (Lipinski definition) is 5. The number of rotatable bonds is 3. The van der Waals surface area contributed by atoms with E-state index in [-0.39, 0.29) is 30.2 Å². The number of nitrogens with zero attached hydrogens (tertiary/aromatic N) is 2. The maximum absolute atomic E-state index is 13.6. The van der Waals surface area contributed by atoms with Gasteiger partial charge in [-0.15, -0.1) is 0 Å². The van der Waals surface area contributed by atoms with Crippen LogP contribution in [0.4, 0.5) is 0 Å². The van der Waals surface area contributed by atoms with Gasteiger partial charge in [-0.2, -0.15) is 0 Å². The van der Waals surface area contributed by atoms with Crippen LogP contribution in [-0.2, 0) is 27.2 Å². The van der Waals surface area contributed by atoms with Gasteiger partial charge in [0.15, 0.2) is 11.5 Å². The number of fused-ring (bicyclic) bond motifs is 5. The lowest BCUT2D eigenvalue weighted by molar-refractivity contribution is -0.145. The molecule has 40 heavy (non-hydrogen) atoms. The van der Waals surface area contributed by atoms with Gasteiger partial charge in [0, 0.05) is 55.6 Å². The van der Waals surface area contributed by atoms with E-state index >= 15 is 0 Å². The second-order valence-electron chi connectivity index (χ2n) is 10.5. The summed E-state index contributed by atoms with van der Waals surface area (Å²) in [5.41, 5.74) is 4.41. The van der Waals surface area contributed by atoms with Gasteiger partial charge in [-0.1, -0.05) is 24.3 Å². The molecule has 0 saturated carbocycles. The summed E-state index contributed by atoms with van der Waals surface area (Å²) in [6.07, 6.45) is 2.78. The summed E-state index contributed by atoms with van der Waals surface area (Å²) in [4.78, 5) is 45.7. The Bertz CT molecular complexity index is 1380. The molecule has 2 aliphatic heterocycles. The van der Waals surface area contributed by atoms with Crippen LogP contribution in [0.5, 0.6) is 11.5 Å². The van der Waals surface area contributed by atoms with Crippen LogP contribution in [0.2, 0.25) is 0 Å². The van der Waals surface area contributed by atoms with Gasteiger partial charge in [0.25, 0.3) is 0 Å². The number of carbonyl (C=O) groups excluding carboxylic acids is 3. The zero-order valence-corrected chi connectivity index (χ0v) is 23.3. The van der Waals surface area contributed by atoms with Crippen molar-refractivity contribution >= 4 is 28.6 Å². The first kappa shape index (κ1) is 27.6. The van der Waals surface area contributed by atoms with Crippen LogP contribution in [0.25, 0.3) is 10.9 Å². The molecule has 212 valence electrons. The molecule has 2 aromatic carbocycles. The van der Waals surface area contributed by atoms with Gasteiger partial charge >= 0.3 is 0 Å². The van der Waals surface area contributed by atoms with E-state index < -0.39 is 0 Å². The van der Waals surface area contributed by atoms with E-state index in [4.69, 9.17) is 9.47 Å². The van der Waals surface area contributed by atoms with Crippen molar-refractivity contribution in [2.24, 2.45) is 5.92 Å². The third-order valence-corrected chi connectivity index (χ3v) is 7.92. The third-order valence-electron chi connectivity index (χ3n) is 7.92. The molecule has 9 nitrogen and oxygen atoms in total. The molecule has 1 saturated heterocycles. The molecule has 0 aliphatic carbocycles. The predicted octanol–water partition coefficient (Wildman–Crippen LogP) is 3.30. The van der Waals surface area contributed by atoms with E-state index in [0.717, 1.165) is 22.2 Å². The highest BCUT2D eigenvalue weighted by Gasteiger charge is 2.32. The van der Waals surface area contributed by atoms with Crippen LogP contribution in [0, 0.1) is 5.92 Å². The third kappa shape index (κ3) is 6.08. The lowest BCUT2D eigenvalue weighted by Crippen LogP contribution is -2.49. The first-order chi connectivity index (χ1) is 19.5. The van der Waals surface area contributed by atoms with Crippen molar-refractivity contribution in [2.75, 3.05) is 46.4 Å². The molecule has 9 heteroatoms. The second-order valence-corrected chi connectivity index (χ2v) is 10.5. The minimum Gasteiger partial charge on any atom is -0.493 e. The Morgan fingerprint density at radius 2 is 2.00 bits per heavy atom. The molecule has 1 aromatic heterocycles. The number of methoxy groups -OCH3 is 1. The molecule has 0 spiro atoms. The summed E-state index contributed by atoms with van der Waals surface area (Å²) >= 11 is 0. The number of aromatic amines is 1. The number of para-hydroxylation sites is 1. The molecule has 3 heterocycles. The molecule has 5 rings (SSSR count). The molecule has 1 atom stereocenters. The molecule has 1 fully saturated rings. The van der Waals surface area contributed by atoms with E-state index in [9.17, 15) is 14.4 Å². The van der Waals surface area contributed by atoms with E-state index in [1.807, 2.05) is 37.3 Å². The van der Waals surface area contributed by atoms with Gasteiger partial charge in [0.05, 0.1) is 26.2 Å². The van der Waals surface area contributed by atoms with E-state index in [1.54, 1.807) is 16.9 Å². The highest BCUT2D eigenvalue weighted by atomic mass is 16.5. The van der Waals surface area contributed by atoms with Crippen molar-refractivity contribution in [2.45, 2.75) is 39.0 Å². The molecule has 1 unspecified atom stereocenters. The SMILES string of the molecule is CCN1CC(C(=O)N2CCCOc3cc(ccc3OC)Cc3[nH]c4ccccc4c3CCNC(=O)C2)CCC1=O. The quantitative estimate of drug-likeness (QED) is 0.525. The second kappa shape index (κ2) is 12.4. The number of hydrogen-bond donors (Lipinski definition) is 2. The first-order valence-corrected chi connectivity index (χ1v) is 14.2. The Kier molecular flexibility index (Phi) is 8.57. The fourth-order valence-corrected chi connectivity index (χ4v) is 5.78. The van der Waals surface area contributed by atoms with E-state index in [0.29, 0.717) is 76.4 Å². The van der Waals surface area contributed by atoms with Crippen molar-refractivity contribution in [3.63, 3.8) is 0 Å². The van der Waals surface area contributed by atoms with Gasteiger partial charge in [-0.05, 0) is 55.5 Å². The Morgan fingerprint density at radius 1 is 1.15 bits per heavy atom. The summed E-state index contributed by atoms with van der Waals surface area (Å²) < 4.78 is 11.7. The van der Waals surface area contributed by atoms with Gasteiger partial charge in [-0.3, -0.25) is 14.4 Å². The summed E-state index contributed by atoms with van der Waals surface area (Å²) in [5.74, 6) is 0.820. The smallest absolute Gasteiger partial charge is 0.239 e. The summed E-state index contributed by atoms with van der Waals surface area (Å²) in [5, 5.41) is 4.18. The topological polar surface area (TPSA) is 104 Å². The lowest BCUT2D eigenvalue weighted by atomic mass is 9.96. The lowest BCUT2D eigenvalue weighted by Gasteiger charge is -2.34. The number of H-pyrrole nitrogens is 1. The zero-order valence-electron chi connectivity index (χ0n) is 23.3. The van der Waals surface area contributed by atoms with Crippen LogP contribution < -0.4 is 14.8 Å². The van der Waals surface area contributed by atoms with E-state index in [2.05, 4.69) is 22.4 Å². The monoisotopic (exact) mass is 546 g/mol. The van der Waals surface area contributed by atoms with E-state index in [1.165, 1.54) is 5.56 Å². The van der Waals surface area contributed by atoms with Crippen LogP contribution in [0.3, 0.4) is 0 Å². The number of nitrogens with one attached hydrogen (secondary N) is 2. The molecule has 3 amide bonds. The number of piperidine rings is 1. The molecule has 0 radical (unpaired) electrons. The number of benzene rings is 2. The standard InChI is InChI=1S/C31H38N4O5/c1-3-34-19-22(10-12-30(34)37)31(38)35-15-6-16-40-28-18-21(9-11-27(28)39-2)17-26-24(13-14-32-29(36)20-35)23-7-4-5-8-25(23)33-26/h4-5,7-9,11,18,22,33H,3,6,10,12-17,19-20H2,1-2H3,(H,32,36). The number of carbonyl (C=O) groups is 3. The van der Waals surface area contributed by atoms with Crippen molar-refractivity contribution in [1.82, 2.24) is 20.1 Å². The van der Waals surface area contributed by atoms with Crippen LogP contribution in [0.1, 0.15) is 43.0 Å². The van der Waals surface area contributed by atoms with Crippen molar-refractivity contribution in [1.29, 1.82) is 0 Å². The molecule has 3 aromatic rings. The fraction of sp³-hybridized carbons (Fsp3) is 0.452. The number of amides is 3. The van der Waals surface area contributed by atoms with Crippen molar-refractivity contribution < 1.29 is 23.9 Å². The number of ether oxygens (including phenoxy) is 2. The zero-order chi connectivity index (χ0) is 28.1. The van der Waals surface area contributed by atoms with Gasteiger partial charge in [-0.25, -0.2) is 0 Å². The molecule has 2 aliphatic rings. The Labute approximate surface area is 234 Å². The van der Waals surface area contributed by atoms with Gasteiger partial charge in [0.2, 0.25) is 17.7 Å². The molecule has 2 N–H and O–H groups in total. The van der Waals surface area contributed by atoms with Gasteiger partial charge in [0.1, 0.15) is 0 Å². The van der Waals surface area contributed by atoms with Crippen molar-refractivity contribution in [3.05, 3.63) is 59.3 Å². The highest BCUT2D eigenvalue weighted by molar-refractivity contribution is 5.88. The number of aromatic nitrogens is 1. The average Bonchev–Trinajstić information content (AvgIpc) is 3.31. The minimum atomic E-state index is -0.303. The Hall–Kier alpha value is -4.01. The first-order valence-electron chi connectivity index (χ1n) is 14.2. The van der Waals surface area contributed by atoms with Crippen molar-refractivity contribution in [3.8, 4) is 11.5 Å². The summed E-state index contributed by atoms with van der Waals surface area (Å²) in [6, 6.07) is 14.2. The molecule has 2 bridgehead atoms. The maximum atomic E-state index is 13.6. The van der Waals surface area contributed by atoms with Crippen LogP contribution in [0.15, 0.2) is 42.5 Å². The molecular formula is C31H38N4O5. The summed E-state index contributed by atoms with van der Waals surface area (Å²) in [6.45, 7) is 4.10. The maximum Gasteiger partial charge on any atom is 0.239 e. The molecular weight excluding hydrogens is 508 g/mol. The average molecular weight is 547 g/mol. The largest absolute Gasteiger partial charge is 0.493 e. The van der Waals surface area contributed by atoms with Crippen LogP contribution >= 0.6 is 0 Å². The Morgan fingerprint density at radius 3 is 2.83 bits per heavy atom. The minimum absolute atomic E-state index is 0.0189. The summed E-state index contributed by atoms with van der Waals surface area (Å²) in [7, 11) is 1.62. The predicted molar refractivity (Wildman–Crippen MR) is 152 cm³/mol. The fourth-order valence-electron chi connectivity index (χ4n) is 5.78. The highest BCUT2D eigenvalue weighted by Crippen LogP contribution is 2.31. The van der Waals surface area contributed by atoms with Gasteiger partial charge < -0.3 is 29.6 Å².